The van der Waals surface area contributed by atoms with Crippen LogP contribution in [0.1, 0.15) is 0 Å². The van der Waals surface area contributed by atoms with Crippen LogP contribution in [0.5, 0.6) is 0 Å². The number of para-hydroxylation sites is 2. The quantitative estimate of drug-likeness (QED) is 0.295. The van der Waals surface area contributed by atoms with Crippen molar-refractivity contribution < 1.29 is 14.2 Å². The third-order valence-electron chi connectivity index (χ3n) is 4.68. The van der Waals surface area contributed by atoms with Crippen LogP contribution in [-0.2, 0) is 0 Å². The SMILES string of the molecule is O=[N+]([O-])c1nn(-c2ccccc2)[n+]([O-])c1N1CCN(c2ccccc2F)CC1. The Morgan fingerprint density at radius 2 is 1.57 bits per heavy atom. The number of nitro groups is 1. The van der Waals surface area contributed by atoms with E-state index in [9.17, 15) is 19.7 Å². The maximum absolute atomic E-state index is 14.0. The first kappa shape index (κ1) is 17.7. The summed E-state index contributed by atoms with van der Waals surface area (Å²) in [4.78, 5) is 15.7. The van der Waals surface area contributed by atoms with E-state index in [2.05, 4.69) is 5.10 Å². The fraction of sp³-hybridized carbons (Fsp3) is 0.222. The van der Waals surface area contributed by atoms with Crippen molar-refractivity contribution in [3.8, 4) is 5.69 Å². The smallest absolute Gasteiger partial charge is 0.428 e. The molecule has 9 nitrogen and oxygen atoms in total. The van der Waals surface area contributed by atoms with Crippen molar-refractivity contribution in [2.24, 2.45) is 0 Å². The molecule has 1 fully saturated rings. The van der Waals surface area contributed by atoms with Gasteiger partial charge in [-0.1, -0.05) is 35.1 Å². The number of hydrogen-bond acceptors (Lipinski definition) is 6. The summed E-state index contributed by atoms with van der Waals surface area (Å²) in [5.41, 5.74) is 0.906. The summed E-state index contributed by atoms with van der Waals surface area (Å²) in [6, 6.07) is 15.0. The largest absolute Gasteiger partial charge is 0.723 e. The molecule has 1 aromatic heterocycles. The van der Waals surface area contributed by atoms with Crippen LogP contribution < -0.4 is 14.6 Å². The Morgan fingerprint density at radius 1 is 0.964 bits per heavy atom. The lowest BCUT2D eigenvalue weighted by Crippen LogP contribution is -2.51. The molecule has 0 aliphatic carbocycles. The molecule has 0 spiro atoms. The van der Waals surface area contributed by atoms with Gasteiger partial charge in [0.25, 0.3) is 0 Å². The predicted molar refractivity (Wildman–Crippen MR) is 100 cm³/mol. The molecule has 1 aliphatic heterocycles. The van der Waals surface area contributed by atoms with E-state index in [0.717, 1.165) is 4.80 Å². The van der Waals surface area contributed by atoms with E-state index in [1.807, 2.05) is 4.90 Å². The van der Waals surface area contributed by atoms with Crippen molar-refractivity contribution in [3.63, 3.8) is 0 Å². The summed E-state index contributed by atoms with van der Waals surface area (Å²) in [6.45, 7) is 1.51. The van der Waals surface area contributed by atoms with Crippen molar-refractivity contribution in [2.45, 2.75) is 0 Å². The molecular weight excluding hydrogens is 367 g/mol. The fourth-order valence-electron chi connectivity index (χ4n) is 3.32. The standard InChI is InChI=1S/C18H17FN6O3/c19-15-8-4-5-9-16(15)21-10-12-22(13-11-21)18-17(25(27)28)20-23(24(18)26)14-6-2-1-3-7-14/h1-9H,10-13H2. The molecule has 3 aromatic rings. The maximum atomic E-state index is 14.0. The first-order chi connectivity index (χ1) is 13.6. The number of aromatic nitrogens is 3. The van der Waals surface area contributed by atoms with Gasteiger partial charge in [0.15, 0.2) is 0 Å². The number of nitrogens with zero attached hydrogens (tertiary/aromatic N) is 6. The lowest BCUT2D eigenvalue weighted by Gasteiger charge is -2.34. The third kappa shape index (κ3) is 3.08. The minimum Gasteiger partial charge on any atom is -0.723 e. The number of piperazine rings is 1. The lowest BCUT2D eigenvalue weighted by molar-refractivity contribution is -0.677. The van der Waals surface area contributed by atoms with E-state index in [1.165, 1.54) is 6.07 Å². The molecule has 28 heavy (non-hydrogen) atoms. The zero-order valence-electron chi connectivity index (χ0n) is 14.8. The Bertz CT molecular complexity index is 1000. The van der Waals surface area contributed by atoms with Crippen LogP contribution in [-0.4, -0.2) is 41.0 Å². The number of hydrogen-bond donors (Lipinski definition) is 0. The maximum Gasteiger partial charge on any atom is 0.428 e. The summed E-state index contributed by atoms with van der Waals surface area (Å²) in [5.74, 6) is -0.932. The Kier molecular flexibility index (Phi) is 4.52. The average molecular weight is 384 g/mol. The van der Waals surface area contributed by atoms with E-state index in [0.29, 0.717) is 42.4 Å². The van der Waals surface area contributed by atoms with Crippen molar-refractivity contribution in [2.75, 3.05) is 36.0 Å². The molecule has 2 aromatic carbocycles. The van der Waals surface area contributed by atoms with Gasteiger partial charge in [0.1, 0.15) is 11.5 Å². The number of anilines is 2. The van der Waals surface area contributed by atoms with Crippen LogP contribution in [0, 0.1) is 21.1 Å². The molecule has 144 valence electrons. The molecule has 1 aliphatic rings. The normalized spacial score (nSPS) is 14.3. The van der Waals surface area contributed by atoms with Crippen LogP contribution >= 0.6 is 0 Å². The van der Waals surface area contributed by atoms with Crippen LogP contribution in [0.3, 0.4) is 0 Å². The van der Waals surface area contributed by atoms with Crippen LogP contribution in [0.25, 0.3) is 5.69 Å². The molecular formula is C18H17FN6O3. The van der Waals surface area contributed by atoms with E-state index < -0.39 is 10.7 Å². The molecule has 2 heterocycles. The van der Waals surface area contributed by atoms with Gasteiger partial charge in [-0.25, -0.2) is 4.39 Å². The highest BCUT2D eigenvalue weighted by atomic mass is 19.1. The topological polar surface area (TPSA) is 94.4 Å². The molecule has 0 saturated carbocycles. The summed E-state index contributed by atoms with van der Waals surface area (Å²) >= 11 is 0. The van der Waals surface area contributed by atoms with E-state index in [4.69, 9.17) is 0 Å². The highest BCUT2D eigenvalue weighted by Crippen LogP contribution is 2.26. The number of rotatable bonds is 4. The van der Waals surface area contributed by atoms with Crippen LogP contribution in [0.15, 0.2) is 54.6 Å². The number of halogens is 1. The Balaban J connectivity index is 1.62. The summed E-state index contributed by atoms with van der Waals surface area (Å²) in [7, 11) is 0. The van der Waals surface area contributed by atoms with Crippen molar-refractivity contribution >= 4 is 17.3 Å². The average Bonchev–Trinajstić information content (AvgIpc) is 3.07. The lowest BCUT2D eigenvalue weighted by atomic mass is 10.2. The van der Waals surface area contributed by atoms with Crippen molar-refractivity contribution in [3.05, 3.63) is 75.7 Å². The number of benzene rings is 2. The van der Waals surface area contributed by atoms with E-state index in [1.54, 1.807) is 53.4 Å². The molecule has 0 amide bonds. The van der Waals surface area contributed by atoms with Gasteiger partial charge in [0.05, 0.1) is 18.8 Å². The molecule has 10 heteroatoms. The zero-order valence-corrected chi connectivity index (χ0v) is 14.8. The van der Waals surface area contributed by atoms with Gasteiger partial charge < -0.3 is 20.2 Å². The van der Waals surface area contributed by atoms with Gasteiger partial charge >= 0.3 is 11.6 Å². The zero-order chi connectivity index (χ0) is 19.7. The Hall–Kier alpha value is -3.69. The van der Waals surface area contributed by atoms with Gasteiger partial charge in [-0.05, 0) is 29.2 Å². The Morgan fingerprint density at radius 3 is 2.21 bits per heavy atom. The van der Waals surface area contributed by atoms with Crippen LogP contribution in [0.4, 0.5) is 21.7 Å². The van der Waals surface area contributed by atoms with Gasteiger partial charge in [-0.15, -0.1) is 0 Å². The highest BCUT2D eigenvalue weighted by molar-refractivity contribution is 5.53. The van der Waals surface area contributed by atoms with Crippen molar-refractivity contribution in [1.82, 2.24) is 9.90 Å². The highest BCUT2D eigenvalue weighted by Gasteiger charge is 2.35. The summed E-state index contributed by atoms with van der Waals surface area (Å²) in [5, 5.41) is 28.2. The van der Waals surface area contributed by atoms with Gasteiger partial charge in [-0.3, -0.25) is 4.90 Å². The molecule has 1 saturated heterocycles. The monoisotopic (exact) mass is 384 g/mol. The van der Waals surface area contributed by atoms with Crippen LogP contribution in [0.2, 0.25) is 0 Å². The van der Waals surface area contributed by atoms with Gasteiger partial charge in [0, 0.05) is 18.2 Å². The molecule has 0 bridgehead atoms. The molecule has 0 atom stereocenters. The van der Waals surface area contributed by atoms with Crippen molar-refractivity contribution in [1.29, 1.82) is 0 Å². The summed E-state index contributed by atoms with van der Waals surface area (Å²) < 4.78 is 14.0. The first-order valence-corrected chi connectivity index (χ1v) is 8.73. The third-order valence-corrected chi connectivity index (χ3v) is 4.68. The minimum atomic E-state index is -0.660. The molecule has 0 unspecified atom stereocenters. The second kappa shape index (κ2) is 7.14. The van der Waals surface area contributed by atoms with Gasteiger partial charge in [-0.2, -0.15) is 4.85 Å². The molecule has 4 rings (SSSR count). The predicted octanol–water partition coefficient (Wildman–Crippen LogP) is 1.88. The molecule has 0 N–H and O–H groups in total. The minimum absolute atomic E-state index is 0.109. The fourth-order valence-corrected chi connectivity index (χ4v) is 3.32. The molecule has 0 radical (unpaired) electrons. The second-order valence-corrected chi connectivity index (χ2v) is 6.33. The van der Waals surface area contributed by atoms with E-state index >= 15 is 0 Å². The van der Waals surface area contributed by atoms with Gasteiger partial charge in [0.2, 0.25) is 0 Å². The Labute approximate surface area is 159 Å². The second-order valence-electron chi connectivity index (χ2n) is 6.33. The summed E-state index contributed by atoms with van der Waals surface area (Å²) in [6.07, 6.45) is 0. The first-order valence-electron chi connectivity index (χ1n) is 8.73. The van der Waals surface area contributed by atoms with E-state index in [-0.39, 0.29) is 11.6 Å².